The molecule has 15 heavy (non-hydrogen) atoms. The van der Waals surface area contributed by atoms with Crippen LogP contribution in [-0.2, 0) is 9.53 Å². The van der Waals surface area contributed by atoms with Crippen molar-refractivity contribution in [2.24, 2.45) is 0 Å². The molecule has 0 aromatic rings. The number of hydrogen-bond donors (Lipinski definition) is 1. The number of rotatable bonds is 5. The normalized spacial score (nSPS) is 17.7. The van der Waals surface area contributed by atoms with Gasteiger partial charge in [-0.25, -0.2) is 0 Å². The predicted molar refractivity (Wildman–Crippen MR) is 56.6 cm³/mol. The Hall–Kier alpha value is -0.650. The van der Waals surface area contributed by atoms with Gasteiger partial charge in [0.05, 0.1) is 19.8 Å². The number of aliphatic hydroxyl groups excluding tert-OH is 1. The van der Waals surface area contributed by atoms with E-state index in [1.165, 1.54) is 6.92 Å². The lowest BCUT2D eigenvalue weighted by atomic mass is 10.4. The second-order valence-electron chi connectivity index (χ2n) is 3.68. The molecule has 0 aliphatic carbocycles. The molecule has 1 amide bonds. The largest absolute Gasteiger partial charge is 0.395 e. The fourth-order valence-corrected chi connectivity index (χ4v) is 1.63. The van der Waals surface area contributed by atoms with E-state index >= 15 is 0 Å². The van der Waals surface area contributed by atoms with Gasteiger partial charge in [0.15, 0.2) is 0 Å². The Labute approximate surface area is 90.6 Å². The van der Waals surface area contributed by atoms with Crippen LogP contribution in [0.2, 0.25) is 0 Å². The lowest BCUT2D eigenvalue weighted by Crippen LogP contribution is -2.43. The van der Waals surface area contributed by atoms with Crippen molar-refractivity contribution < 1.29 is 14.6 Å². The van der Waals surface area contributed by atoms with Gasteiger partial charge in [-0.05, 0) is 0 Å². The molecule has 1 aliphatic heterocycles. The third-order valence-corrected chi connectivity index (χ3v) is 2.61. The molecular formula is C10H20N2O3. The fourth-order valence-electron chi connectivity index (χ4n) is 1.63. The van der Waals surface area contributed by atoms with Crippen LogP contribution in [0.4, 0.5) is 0 Å². The van der Waals surface area contributed by atoms with E-state index in [2.05, 4.69) is 4.90 Å². The van der Waals surface area contributed by atoms with Gasteiger partial charge in [0, 0.05) is 39.6 Å². The summed E-state index contributed by atoms with van der Waals surface area (Å²) in [4.78, 5) is 15.1. The first-order valence-corrected chi connectivity index (χ1v) is 5.40. The molecule has 0 atom stereocenters. The van der Waals surface area contributed by atoms with Crippen LogP contribution < -0.4 is 0 Å². The summed E-state index contributed by atoms with van der Waals surface area (Å²) in [5.74, 6) is 0.0253. The van der Waals surface area contributed by atoms with Gasteiger partial charge in [0.1, 0.15) is 0 Å². The molecule has 0 spiro atoms. The number of aliphatic hydroxyl groups is 1. The summed E-state index contributed by atoms with van der Waals surface area (Å²) in [6.07, 6.45) is 0. The van der Waals surface area contributed by atoms with E-state index in [-0.39, 0.29) is 12.5 Å². The molecule has 0 bridgehead atoms. The zero-order valence-corrected chi connectivity index (χ0v) is 9.31. The highest BCUT2D eigenvalue weighted by molar-refractivity contribution is 5.73. The highest BCUT2D eigenvalue weighted by Crippen LogP contribution is 1.97. The second kappa shape index (κ2) is 6.76. The van der Waals surface area contributed by atoms with E-state index in [9.17, 15) is 4.79 Å². The number of nitrogens with zero attached hydrogens (tertiary/aromatic N) is 2. The van der Waals surface area contributed by atoms with Gasteiger partial charge in [0.25, 0.3) is 0 Å². The Morgan fingerprint density at radius 1 is 1.40 bits per heavy atom. The molecule has 1 heterocycles. The summed E-state index contributed by atoms with van der Waals surface area (Å²) >= 11 is 0. The Morgan fingerprint density at radius 2 is 2.07 bits per heavy atom. The molecule has 0 saturated carbocycles. The van der Waals surface area contributed by atoms with Crippen LogP contribution in [0, 0.1) is 0 Å². The number of carbonyl (C=O) groups is 1. The van der Waals surface area contributed by atoms with Crippen molar-refractivity contribution in [2.75, 3.05) is 52.5 Å². The van der Waals surface area contributed by atoms with Crippen LogP contribution >= 0.6 is 0 Å². The van der Waals surface area contributed by atoms with Crippen molar-refractivity contribution in [3.05, 3.63) is 0 Å². The quantitative estimate of drug-likeness (QED) is 0.651. The van der Waals surface area contributed by atoms with Crippen molar-refractivity contribution in [1.29, 1.82) is 0 Å². The van der Waals surface area contributed by atoms with Crippen molar-refractivity contribution in [2.45, 2.75) is 6.92 Å². The zero-order valence-electron chi connectivity index (χ0n) is 9.31. The van der Waals surface area contributed by atoms with E-state index in [1.807, 2.05) is 0 Å². The fraction of sp³-hybridized carbons (Fsp3) is 0.900. The number of hydrogen-bond acceptors (Lipinski definition) is 4. The molecule has 0 aromatic heterocycles. The summed E-state index contributed by atoms with van der Waals surface area (Å²) in [7, 11) is 0. The molecule has 1 fully saturated rings. The first-order chi connectivity index (χ1) is 7.24. The van der Waals surface area contributed by atoms with E-state index in [1.54, 1.807) is 4.90 Å². The van der Waals surface area contributed by atoms with E-state index in [4.69, 9.17) is 9.84 Å². The molecule has 1 N–H and O–H groups in total. The third kappa shape index (κ3) is 4.59. The average Bonchev–Trinajstić information content (AvgIpc) is 2.25. The number of amides is 1. The molecule has 5 heteroatoms. The molecule has 0 radical (unpaired) electrons. The van der Waals surface area contributed by atoms with Crippen LogP contribution in [0.3, 0.4) is 0 Å². The van der Waals surface area contributed by atoms with Crippen LogP contribution in [0.5, 0.6) is 0 Å². The number of carbonyl (C=O) groups excluding carboxylic acids is 1. The minimum absolute atomic E-state index is 0.0253. The molecule has 0 aromatic carbocycles. The molecular weight excluding hydrogens is 196 g/mol. The standard InChI is InChI=1S/C10H20N2O3/c1-10(14)12(4-7-13)3-2-11-5-8-15-9-6-11/h13H,2-9H2,1H3. The predicted octanol–water partition coefficient (Wildman–Crippen LogP) is -0.841. The van der Waals surface area contributed by atoms with Gasteiger partial charge < -0.3 is 14.7 Å². The maximum Gasteiger partial charge on any atom is 0.219 e. The Balaban J connectivity index is 2.22. The average molecular weight is 216 g/mol. The summed E-state index contributed by atoms with van der Waals surface area (Å²) in [5.41, 5.74) is 0. The van der Waals surface area contributed by atoms with E-state index in [0.29, 0.717) is 13.1 Å². The topological polar surface area (TPSA) is 53.0 Å². The SMILES string of the molecule is CC(=O)N(CCO)CCN1CCOCC1. The maximum atomic E-state index is 11.2. The Kier molecular flexibility index (Phi) is 5.60. The molecule has 0 unspecified atom stereocenters. The molecule has 1 saturated heterocycles. The minimum Gasteiger partial charge on any atom is -0.395 e. The molecule has 1 aliphatic rings. The Bertz CT molecular complexity index is 193. The van der Waals surface area contributed by atoms with Crippen molar-refractivity contribution >= 4 is 5.91 Å². The highest BCUT2D eigenvalue weighted by Gasteiger charge is 2.13. The van der Waals surface area contributed by atoms with E-state index < -0.39 is 0 Å². The van der Waals surface area contributed by atoms with Gasteiger partial charge >= 0.3 is 0 Å². The van der Waals surface area contributed by atoms with Crippen molar-refractivity contribution in [1.82, 2.24) is 9.80 Å². The highest BCUT2D eigenvalue weighted by atomic mass is 16.5. The van der Waals surface area contributed by atoms with Gasteiger partial charge in [-0.3, -0.25) is 9.69 Å². The molecule has 88 valence electrons. The molecule has 1 rings (SSSR count). The van der Waals surface area contributed by atoms with Crippen LogP contribution in [0.1, 0.15) is 6.92 Å². The van der Waals surface area contributed by atoms with Crippen LogP contribution in [-0.4, -0.2) is 73.4 Å². The van der Waals surface area contributed by atoms with Gasteiger partial charge in [-0.15, -0.1) is 0 Å². The first kappa shape index (κ1) is 12.4. The van der Waals surface area contributed by atoms with Gasteiger partial charge in [-0.1, -0.05) is 0 Å². The summed E-state index contributed by atoms with van der Waals surface area (Å²) in [5, 5.41) is 8.80. The second-order valence-corrected chi connectivity index (χ2v) is 3.68. The maximum absolute atomic E-state index is 11.2. The van der Waals surface area contributed by atoms with Crippen molar-refractivity contribution in [3.8, 4) is 0 Å². The summed E-state index contributed by atoms with van der Waals surface area (Å²) in [6, 6.07) is 0. The lowest BCUT2D eigenvalue weighted by molar-refractivity contribution is -0.129. The lowest BCUT2D eigenvalue weighted by Gasteiger charge is -2.29. The number of morpholine rings is 1. The first-order valence-electron chi connectivity index (χ1n) is 5.40. The monoisotopic (exact) mass is 216 g/mol. The smallest absolute Gasteiger partial charge is 0.219 e. The summed E-state index contributed by atoms with van der Waals surface area (Å²) < 4.78 is 5.24. The van der Waals surface area contributed by atoms with Crippen LogP contribution in [0.15, 0.2) is 0 Å². The molecule has 5 nitrogen and oxygen atoms in total. The number of ether oxygens (including phenoxy) is 1. The summed E-state index contributed by atoms with van der Waals surface area (Å²) in [6.45, 7) is 6.98. The third-order valence-electron chi connectivity index (χ3n) is 2.61. The van der Waals surface area contributed by atoms with Crippen molar-refractivity contribution in [3.63, 3.8) is 0 Å². The minimum atomic E-state index is 0.0253. The zero-order chi connectivity index (χ0) is 11.1. The van der Waals surface area contributed by atoms with Gasteiger partial charge in [0.2, 0.25) is 5.91 Å². The van der Waals surface area contributed by atoms with E-state index in [0.717, 1.165) is 32.8 Å². The van der Waals surface area contributed by atoms with Crippen LogP contribution in [0.25, 0.3) is 0 Å². The van der Waals surface area contributed by atoms with Gasteiger partial charge in [-0.2, -0.15) is 0 Å². The Morgan fingerprint density at radius 3 is 2.60 bits per heavy atom.